The van der Waals surface area contributed by atoms with E-state index in [9.17, 15) is 23.1 Å². The number of benzene rings is 1. The number of fused-ring (bicyclic) bond motifs is 2. The van der Waals surface area contributed by atoms with Crippen LogP contribution in [0.2, 0.25) is 0 Å². The Balaban J connectivity index is 1.20. The number of hydrogen-bond donors (Lipinski definition) is 2. The number of halogens is 3. The van der Waals surface area contributed by atoms with Crippen LogP contribution in [-0.4, -0.2) is 45.6 Å². The Kier molecular flexibility index (Phi) is 6.15. The fraction of sp³-hybridized carbons (Fsp3) is 0.462. The van der Waals surface area contributed by atoms with Gasteiger partial charge in [0.2, 0.25) is 0 Å². The molecule has 2 bridgehead atoms. The normalized spacial score (nSPS) is 23.4. The number of aromatic carboxylic acids is 1. The molecule has 37 heavy (non-hydrogen) atoms. The largest absolute Gasteiger partial charge is 0.573 e. The molecular formula is C26H26F3N3O4S. The zero-order valence-corrected chi connectivity index (χ0v) is 20.6. The van der Waals surface area contributed by atoms with Gasteiger partial charge in [0, 0.05) is 40.7 Å². The number of aromatic amines is 1. The fourth-order valence-corrected chi connectivity index (χ4v) is 6.66. The number of piperidine rings is 1. The number of carbonyl (C=O) groups is 1. The summed E-state index contributed by atoms with van der Waals surface area (Å²) in [6.45, 7) is 0.301. The summed E-state index contributed by atoms with van der Waals surface area (Å²) in [6, 6.07) is 6.66. The zero-order chi connectivity index (χ0) is 25.7. The Bertz CT molecular complexity index is 1290. The van der Waals surface area contributed by atoms with Crippen molar-refractivity contribution in [3.05, 3.63) is 52.8 Å². The quantitative estimate of drug-likeness (QED) is 0.352. The van der Waals surface area contributed by atoms with E-state index in [1.165, 1.54) is 29.7 Å². The number of nitrogens with zero attached hydrogens (tertiary/aromatic N) is 2. The number of aromatic nitrogens is 2. The molecule has 6 rings (SSSR count). The third kappa shape index (κ3) is 4.94. The molecule has 3 fully saturated rings. The number of ether oxygens (including phenoxy) is 2. The van der Waals surface area contributed by atoms with Crippen LogP contribution < -0.4 is 9.64 Å². The average molecular weight is 534 g/mol. The van der Waals surface area contributed by atoms with Gasteiger partial charge >= 0.3 is 12.3 Å². The van der Waals surface area contributed by atoms with Gasteiger partial charge in [-0.1, -0.05) is 29.5 Å². The Morgan fingerprint density at radius 3 is 2.51 bits per heavy atom. The predicted molar refractivity (Wildman–Crippen MR) is 131 cm³/mol. The number of hydrogen-bond acceptors (Lipinski definition) is 6. The van der Waals surface area contributed by atoms with Crippen LogP contribution in [0.25, 0.3) is 11.1 Å². The van der Waals surface area contributed by atoms with Crippen molar-refractivity contribution in [2.45, 2.75) is 75.6 Å². The van der Waals surface area contributed by atoms with Gasteiger partial charge in [0.1, 0.15) is 10.6 Å². The third-order valence-electron chi connectivity index (χ3n) is 7.49. The van der Waals surface area contributed by atoms with E-state index in [1.807, 2.05) is 0 Å². The topological polar surface area (TPSA) is 87.7 Å². The number of rotatable bonds is 8. The molecule has 2 N–H and O–H groups in total. The highest BCUT2D eigenvalue weighted by Gasteiger charge is 2.43. The van der Waals surface area contributed by atoms with Gasteiger partial charge in [-0.05, 0) is 50.5 Å². The molecule has 4 heterocycles. The summed E-state index contributed by atoms with van der Waals surface area (Å²) in [5.74, 6) is -0.826. The molecule has 2 unspecified atom stereocenters. The van der Waals surface area contributed by atoms with Gasteiger partial charge in [-0.3, -0.25) is 0 Å². The van der Waals surface area contributed by atoms with Crippen LogP contribution in [0.5, 0.6) is 5.75 Å². The number of thiazole rings is 1. The molecule has 0 amide bonds. The van der Waals surface area contributed by atoms with Crippen molar-refractivity contribution < 1.29 is 32.5 Å². The lowest BCUT2D eigenvalue weighted by molar-refractivity contribution is -0.274. The van der Waals surface area contributed by atoms with Gasteiger partial charge in [-0.15, -0.1) is 13.2 Å². The Morgan fingerprint density at radius 2 is 1.86 bits per heavy atom. The Labute approximate surface area is 215 Å². The molecule has 2 aromatic heterocycles. The molecular weight excluding hydrogens is 507 g/mol. The van der Waals surface area contributed by atoms with Crippen molar-refractivity contribution >= 4 is 22.4 Å². The van der Waals surface area contributed by atoms with Crippen LogP contribution in [0.4, 0.5) is 18.3 Å². The average Bonchev–Trinajstić information content (AvgIpc) is 3.30. The number of nitrogens with one attached hydrogen (secondary N) is 1. The van der Waals surface area contributed by atoms with Crippen LogP contribution in [0.15, 0.2) is 36.7 Å². The maximum atomic E-state index is 13.1. The first kappa shape index (κ1) is 24.3. The van der Waals surface area contributed by atoms with Crippen LogP contribution in [0, 0.1) is 0 Å². The summed E-state index contributed by atoms with van der Waals surface area (Å²) < 4.78 is 49.9. The lowest BCUT2D eigenvalue weighted by Crippen LogP contribution is -2.45. The highest BCUT2D eigenvalue weighted by Crippen LogP contribution is 2.46. The van der Waals surface area contributed by atoms with E-state index in [2.05, 4.69) is 19.6 Å². The number of anilines is 1. The van der Waals surface area contributed by atoms with E-state index >= 15 is 0 Å². The minimum Gasteiger partial charge on any atom is -0.477 e. The van der Waals surface area contributed by atoms with Crippen LogP contribution >= 0.6 is 11.3 Å². The van der Waals surface area contributed by atoms with E-state index in [1.54, 1.807) is 18.3 Å². The van der Waals surface area contributed by atoms with Crippen LogP contribution in [-0.2, 0) is 11.3 Å². The molecule has 1 aliphatic carbocycles. The second-order valence-corrected chi connectivity index (χ2v) is 10.9. The lowest BCUT2D eigenvalue weighted by Gasteiger charge is -2.38. The molecule has 2 saturated heterocycles. The summed E-state index contributed by atoms with van der Waals surface area (Å²) >= 11 is 1.20. The number of carboxylic acid groups (broad SMARTS) is 1. The number of alkyl halides is 3. The van der Waals surface area contributed by atoms with E-state index in [0.29, 0.717) is 23.7 Å². The Hall–Kier alpha value is -3.05. The maximum absolute atomic E-state index is 13.1. The van der Waals surface area contributed by atoms with Crippen molar-refractivity contribution in [3.8, 4) is 16.9 Å². The van der Waals surface area contributed by atoms with E-state index < -0.39 is 12.3 Å². The van der Waals surface area contributed by atoms with Gasteiger partial charge in [0.15, 0.2) is 5.13 Å². The van der Waals surface area contributed by atoms with E-state index in [0.717, 1.165) is 54.9 Å². The molecule has 2 aliphatic heterocycles. The lowest BCUT2D eigenvalue weighted by atomic mass is 9.99. The fourth-order valence-electron chi connectivity index (χ4n) is 5.76. The van der Waals surface area contributed by atoms with E-state index in [4.69, 9.17) is 4.74 Å². The second-order valence-electron chi connectivity index (χ2n) is 9.92. The monoisotopic (exact) mass is 533 g/mol. The maximum Gasteiger partial charge on any atom is 0.573 e. The van der Waals surface area contributed by atoms with Crippen LogP contribution in [0.1, 0.15) is 65.4 Å². The first-order chi connectivity index (χ1) is 17.8. The molecule has 2 atom stereocenters. The van der Waals surface area contributed by atoms with Crippen molar-refractivity contribution in [2.75, 3.05) is 4.90 Å². The van der Waals surface area contributed by atoms with Gasteiger partial charge in [0.05, 0.1) is 18.9 Å². The zero-order valence-electron chi connectivity index (χ0n) is 19.8. The van der Waals surface area contributed by atoms with Gasteiger partial charge in [-0.2, -0.15) is 0 Å². The molecule has 11 heteroatoms. The smallest absolute Gasteiger partial charge is 0.477 e. The van der Waals surface area contributed by atoms with E-state index in [-0.39, 0.29) is 28.8 Å². The molecule has 7 nitrogen and oxygen atoms in total. The van der Waals surface area contributed by atoms with Crippen molar-refractivity contribution in [1.29, 1.82) is 0 Å². The molecule has 196 valence electrons. The minimum absolute atomic E-state index is 0.00382. The number of para-hydroxylation sites is 1. The number of H-pyrrole nitrogens is 1. The molecule has 1 aromatic carbocycles. The molecule has 0 radical (unpaired) electrons. The highest BCUT2D eigenvalue weighted by atomic mass is 32.1. The first-order valence-corrected chi connectivity index (χ1v) is 13.2. The highest BCUT2D eigenvalue weighted by molar-refractivity contribution is 7.17. The van der Waals surface area contributed by atoms with Crippen molar-refractivity contribution in [3.63, 3.8) is 0 Å². The summed E-state index contributed by atoms with van der Waals surface area (Å²) in [4.78, 5) is 21.4. The molecule has 0 spiro atoms. The van der Waals surface area contributed by atoms with Gasteiger partial charge in [0.25, 0.3) is 0 Å². The van der Waals surface area contributed by atoms with Crippen molar-refractivity contribution in [2.24, 2.45) is 0 Å². The molecule has 1 saturated carbocycles. The van der Waals surface area contributed by atoms with Crippen molar-refractivity contribution in [1.82, 2.24) is 9.97 Å². The third-order valence-corrected chi connectivity index (χ3v) is 8.49. The minimum atomic E-state index is -4.78. The second kappa shape index (κ2) is 9.36. The summed E-state index contributed by atoms with van der Waals surface area (Å²) in [5.41, 5.74) is 2.98. The van der Waals surface area contributed by atoms with Crippen LogP contribution in [0.3, 0.4) is 0 Å². The molecule has 3 aromatic rings. The summed E-state index contributed by atoms with van der Waals surface area (Å²) in [6.07, 6.45) is 4.08. The first-order valence-electron chi connectivity index (χ1n) is 12.4. The summed E-state index contributed by atoms with van der Waals surface area (Å²) in [5, 5.41) is 10.00. The molecule has 3 aliphatic rings. The Morgan fingerprint density at radius 1 is 1.14 bits per heavy atom. The summed E-state index contributed by atoms with van der Waals surface area (Å²) in [7, 11) is 0. The SMILES string of the molecule is O=C(O)c1cnc(N2C3CCC2CC(OCc2c(-c4ccccc4OC(F)(F)F)c[nH]c2C2CC2)C3)s1. The predicted octanol–water partition coefficient (Wildman–Crippen LogP) is 6.33. The van der Waals surface area contributed by atoms with Gasteiger partial charge in [-0.25, -0.2) is 9.78 Å². The van der Waals surface area contributed by atoms with Gasteiger partial charge < -0.3 is 24.5 Å². The number of carboxylic acids is 1. The standard InChI is InChI=1S/C26H26F3N3O4S/c27-26(28,29)36-21-4-2-1-3-18(21)19-11-30-23(14-5-6-14)20(19)13-35-17-9-15-7-8-16(10-17)32(15)25-31-12-22(37-25)24(33)34/h1-4,11-12,14-17,30H,5-10,13H2,(H,33,34).